The molecule has 8 heteroatoms. The normalized spacial score (nSPS) is 10.7. The molecule has 27 heavy (non-hydrogen) atoms. The standard InChI is InChI=1S/C19H19N3O3S2/c1-11-5-6-16(7-12(11)2)22(14(4)23)19-21-15(9-26-19)8-25-18(24)17-13(3)20-10-27-17/h5-7,9-10H,8H2,1-4H3. The van der Waals surface area contributed by atoms with Crippen molar-refractivity contribution < 1.29 is 14.3 Å². The van der Waals surface area contributed by atoms with Crippen LogP contribution in [0.1, 0.15) is 39.1 Å². The summed E-state index contributed by atoms with van der Waals surface area (Å²) < 4.78 is 5.32. The Morgan fingerprint density at radius 1 is 1.15 bits per heavy atom. The van der Waals surface area contributed by atoms with E-state index >= 15 is 0 Å². The van der Waals surface area contributed by atoms with Gasteiger partial charge in [-0.05, 0) is 44.0 Å². The van der Waals surface area contributed by atoms with E-state index < -0.39 is 5.97 Å². The number of aromatic nitrogens is 2. The first-order valence-electron chi connectivity index (χ1n) is 8.26. The summed E-state index contributed by atoms with van der Waals surface area (Å²) in [4.78, 5) is 34.9. The van der Waals surface area contributed by atoms with Gasteiger partial charge in [-0.2, -0.15) is 0 Å². The average molecular weight is 402 g/mol. The second-order valence-electron chi connectivity index (χ2n) is 6.09. The number of aryl methyl sites for hydroxylation is 3. The van der Waals surface area contributed by atoms with Crippen molar-refractivity contribution in [3.8, 4) is 0 Å². The fraction of sp³-hybridized carbons (Fsp3) is 0.263. The van der Waals surface area contributed by atoms with Crippen LogP contribution in [-0.4, -0.2) is 21.8 Å². The molecular formula is C19H19N3O3S2. The van der Waals surface area contributed by atoms with Gasteiger partial charge in [0, 0.05) is 12.3 Å². The molecule has 0 N–H and O–H groups in total. The van der Waals surface area contributed by atoms with E-state index in [2.05, 4.69) is 9.97 Å². The van der Waals surface area contributed by atoms with E-state index in [0.717, 1.165) is 16.8 Å². The lowest BCUT2D eigenvalue weighted by Gasteiger charge is -2.19. The van der Waals surface area contributed by atoms with E-state index in [4.69, 9.17) is 4.74 Å². The summed E-state index contributed by atoms with van der Waals surface area (Å²) in [5.74, 6) is -0.543. The number of carbonyl (C=O) groups is 2. The van der Waals surface area contributed by atoms with Crippen molar-refractivity contribution in [2.45, 2.75) is 34.3 Å². The zero-order valence-electron chi connectivity index (χ0n) is 15.5. The molecule has 1 aromatic carbocycles. The van der Waals surface area contributed by atoms with E-state index in [1.54, 1.807) is 22.7 Å². The predicted octanol–water partition coefficient (Wildman–Crippen LogP) is 4.57. The quantitative estimate of drug-likeness (QED) is 0.586. The molecule has 140 valence electrons. The Morgan fingerprint density at radius 2 is 1.93 bits per heavy atom. The molecule has 0 aliphatic carbocycles. The van der Waals surface area contributed by atoms with Crippen LogP contribution < -0.4 is 4.90 Å². The molecule has 3 aromatic rings. The Labute approximate surface area is 165 Å². The molecule has 0 unspecified atom stereocenters. The lowest BCUT2D eigenvalue weighted by Crippen LogP contribution is -2.22. The highest BCUT2D eigenvalue weighted by Gasteiger charge is 2.19. The van der Waals surface area contributed by atoms with Gasteiger partial charge in [0.15, 0.2) is 5.13 Å². The van der Waals surface area contributed by atoms with Gasteiger partial charge in [0.1, 0.15) is 11.5 Å². The zero-order valence-corrected chi connectivity index (χ0v) is 17.1. The number of carbonyl (C=O) groups excluding carboxylic acids is 2. The number of nitrogens with zero attached hydrogens (tertiary/aromatic N) is 3. The first-order chi connectivity index (χ1) is 12.9. The Kier molecular flexibility index (Phi) is 5.67. The molecule has 0 saturated heterocycles. The van der Waals surface area contributed by atoms with Gasteiger partial charge in [0.25, 0.3) is 0 Å². The number of rotatable bonds is 5. The van der Waals surface area contributed by atoms with Crippen molar-refractivity contribution in [1.29, 1.82) is 0 Å². The van der Waals surface area contributed by atoms with E-state index in [9.17, 15) is 9.59 Å². The zero-order chi connectivity index (χ0) is 19.6. The Hall–Kier alpha value is -2.58. The summed E-state index contributed by atoms with van der Waals surface area (Å²) in [5, 5.41) is 2.34. The van der Waals surface area contributed by atoms with Crippen molar-refractivity contribution in [3.05, 3.63) is 56.5 Å². The van der Waals surface area contributed by atoms with Crippen LogP contribution in [0.15, 0.2) is 29.1 Å². The van der Waals surface area contributed by atoms with Gasteiger partial charge in [-0.15, -0.1) is 22.7 Å². The van der Waals surface area contributed by atoms with Gasteiger partial charge in [0.2, 0.25) is 5.91 Å². The number of ether oxygens (including phenoxy) is 1. The molecular weight excluding hydrogens is 382 g/mol. The lowest BCUT2D eigenvalue weighted by atomic mass is 10.1. The van der Waals surface area contributed by atoms with Gasteiger partial charge in [-0.3, -0.25) is 9.69 Å². The van der Waals surface area contributed by atoms with Gasteiger partial charge in [-0.25, -0.2) is 14.8 Å². The molecule has 2 heterocycles. The van der Waals surface area contributed by atoms with Crippen LogP contribution in [0, 0.1) is 20.8 Å². The fourth-order valence-corrected chi connectivity index (χ4v) is 4.03. The van der Waals surface area contributed by atoms with Gasteiger partial charge >= 0.3 is 5.97 Å². The monoisotopic (exact) mass is 401 g/mol. The number of hydrogen-bond donors (Lipinski definition) is 0. The third kappa shape index (κ3) is 4.23. The van der Waals surface area contributed by atoms with E-state index in [1.165, 1.54) is 29.6 Å². The SMILES string of the molecule is CC(=O)N(c1ccc(C)c(C)c1)c1nc(COC(=O)c2scnc2C)cs1. The third-order valence-corrected chi connectivity index (χ3v) is 5.86. The highest BCUT2D eigenvalue weighted by molar-refractivity contribution is 7.14. The van der Waals surface area contributed by atoms with Crippen LogP contribution in [0.3, 0.4) is 0 Å². The largest absolute Gasteiger partial charge is 0.455 e. The second kappa shape index (κ2) is 7.98. The van der Waals surface area contributed by atoms with Crippen LogP contribution in [0.4, 0.5) is 10.8 Å². The number of esters is 1. The van der Waals surface area contributed by atoms with Crippen LogP contribution in [0.25, 0.3) is 0 Å². The Morgan fingerprint density at radius 3 is 2.56 bits per heavy atom. The van der Waals surface area contributed by atoms with Crippen LogP contribution in [0.5, 0.6) is 0 Å². The van der Waals surface area contributed by atoms with Crippen molar-refractivity contribution in [2.24, 2.45) is 0 Å². The fourth-order valence-electron chi connectivity index (χ4n) is 2.46. The summed E-state index contributed by atoms with van der Waals surface area (Å²) in [7, 11) is 0. The summed E-state index contributed by atoms with van der Waals surface area (Å²) in [5.41, 5.74) is 5.89. The van der Waals surface area contributed by atoms with Gasteiger partial charge in [-0.1, -0.05) is 6.07 Å². The van der Waals surface area contributed by atoms with Crippen molar-refractivity contribution in [3.63, 3.8) is 0 Å². The topological polar surface area (TPSA) is 72.4 Å². The summed E-state index contributed by atoms with van der Waals surface area (Å²) >= 11 is 2.59. The maximum atomic E-state index is 12.2. The van der Waals surface area contributed by atoms with Gasteiger partial charge < -0.3 is 4.74 Å². The van der Waals surface area contributed by atoms with E-state index in [1.807, 2.05) is 32.0 Å². The Bertz CT molecular complexity index is 994. The molecule has 1 amide bonds. The summed E-state index contributed by atoms with van der Waals surface area (Å²) in [6.07, 6.45) is 0. The van der Waals surface area contributed by atoms with Crippen molar-refractivity contribution >= 4 is 45.4 Å². The molecule has 0 bridgehead atoms. The number of thiazole rings is 2. The second-order valence-corrected chi connectivity index (χ2v) is 7.78. The average Bonchev–Trinajstić information content (AvgIpc) is 3.25. The Balaban J connectivity index is 1.76. The predicted molar refractivity (Wildman–Crippen MR) is 107 cm³/mol. The molecule has 0 radical (unpaired) electrons. The van der Waals surface area contributed by atoms with E-state index in [0.29, 0.717) is 21.4 Å². The van der Waals surface area contributed by atoms with Crippen LogP contribution >= 0.6 is 22.7 Å². The minimum Gasteiger partial charge on any atom is -0.455 e. The molecule has 6 nitrogen and oxygen atoms in total. The molecule has 3 rings (SSSR count). The smallest absolute Gasteiger partial charge is 0.350 e. The summed E-state index contributed by atoms with van der Waals surface area (Å²) in [6, 6.07) is 5.84. The third-order valence-electron chi connectivity index (χ3n) is 4.08. The molecule has 0 fully saturated rings. The van der Waals surface area contributed by atoms with Crippen molar-refractivity contribution in [2.75, 3.05) is 4.90 Å². The van der Waals surface area contributed by atoms with Crippen LogP contribution in [-0.2, 0) is 16.1 Å². The molecule has 0 atom stereocenters. The highest BCUT2D eigenvalue weighted by Crippen LogP contribution is 2.30. The number of amides is 1. The highest BCUT2D eigenvalue weighted by atomic mass is 32.1. The number of benzene rings is 1. The molecule has 2 aromatic heterocycles. The minimum absolute atomic E-state index is 0.0470. The van der Waals surface area contributed by atoms with E-state index in [-0.39, 0.29) is 12.5 Å². The van der Waals surface area contributed by atoms with Crippen molar-refractivity contribution in [1.82, 2.24) is 9.97 Å². The van der Waals surface area contributed by atoms with Gasteiger partial charge in [0.05, 0.1) is 22.6 Å². The first-order valence-corrected chi connectivity index (χ1v) is 10.0. The maximum Gasteiger partial charge on any atom is 0.350 e. The molecule has 0 spiro atoms. The molecule has 0 aliphatic rings. The number of anilines is 2. The molecule has 0 saturated carbocycles. The number of hydrogen-bond acceptors (Lipinski definition) is 7. The summed E-state index contributed by atoms with van der Waals surface area (Å²) in [6.45, 7) is 7.35. The first kappa shape index (κ1) is 19.2. The lowest BCUT2D eigenvalue weighted by molar-refractivity contribution is -0.115. The maximum absolute atomic E-state index is 12.2. The van der Waals surface area contributed by atoms with Crippen LogP contribution in [0.2, 0.25) is 0 Å². The minimum atomic E-state index is -0.415. The molecule has 0 aliphatic heterocycles.